The summed E-state index contributed by atoms with van der Waals surface area (Å²) in [6, 6.07) is 10.2. The maximum Gasteiger partial charge on any atom is 0.221 e. The van der Waals surface area contributed by atoms with E-state index in [4.69, 9.17) is 5.73 Å². The van der Waals surface area contributed by atoms with E-state index >= 15 is 0 Å². The van der Waals surface area contributed by atoms with Gasteiger partial charge in [-0.1, -0.05) is 36.8 Å². The van der Waals surface area contributed by atoms with Gasteiger partial charge in [-0.3, -0.25) is 9.69 Å². The third-order valence-corrected chi connectivity index (χ3v) is 4.29. The largest absolute Gasteiger partial charge is 0.355 e. The maximum absolute atomic E-state index is 11.9. The van der Waals surface area contributed by atoms with Crippen molar-refractivity contribution in [1.29, 1.82) is 0 Å². The SMILES string of the molecule is CC1CCCCN1CCNC(=O)CC(N)c1ccccc1. The van der Waals surface area contributed by atoms with E-state index in [0.717, 1.165) is 18.7 Å². The quantitative estimate of drug-likeness (QED) is 0.843. The van der Waals surface area contributed by atoms with Gasteiger partial charge >= 0.3 is 0 Å². The van der Waals surface area contributed by atoms with Gasteiger partial charge in [-0.25, -0.2) is 0 Å². The van der Waals surface area contributed by atoms with Crippen LogP contribution in [0.3, 0.4) is 0 Å². The summed E-state index contributed by atoms with van der Waals surface area (Å²) in [7, 11) is 0. The Morgan fingerprint density at radius 1 is 1.38 bits per heavy atom. The molecule has 2 unspecified atom stereocenters. The van der Waals surface area contributed by atoms with E-state index in [1.165, 1.54) is 19.3 Å². The summed E-state index contributed by atoms with van der Waals surface area (Å²) in [6.07, 6.45) is 4.22. The molecule has 0 radical (unpaired) electrons. The van der Waals surface area contributed by atoms with Gasteiger partial charge in [0.25, 0.3) is 0 Å². The summed E-state index contributed by atoms with van der Waals surface area (Å²) in [6.45, 7) is 5.07. The zero-order chi connectivity index (χ0) is 15.1. The lowest BCUT2D eigenvalue weighted by atomic mass is 10.0. The van der Waals surface area contributed by atoms with Crippen LogP contribution in [-0.4, -0.2) is 36.5 Å². The molecule has 1 aromatic rings. The molecule has 1 aromatic carbocycles. The lowest BCUT2D eigenvalue weighted by Crippen LogP contribution is -2.42. The van der Waals surface area contributed by atoms with Crippen molar-refractivity contribution >= 4 is 5.91 Å². The number of nitrogens with two attached hydrogens (primary N) is 1. The highest BCUT2D eigenvalue weighted by Gasteiger charge is 2.18. The lowest BCUT2D eigenvalue weighted by Gasteiger charge is -2.33. The number of carbonyl (C=O) groups is 1. The minimum atomic E-state index is -0.222. The Labute approximate surface area is 127 Å². The van der Waals surface area contributed by atoms with Crippen LogP contribution in [0.4, 0.5) is 0 Å². The van der Waals surface area contributed by atoms with Gasteiger partial charge < -0.3 is 11.1 Å². The Kier molecular flexibility index (Phi) is 6.21. The average Bonchev–Trinajstić information content (AvgIpc) is 2.50. The molecule has 1 aliphatic heterocycles. The average molecular weight is 289 g/mol. The molecule has 1 saturated heterocycles. The number of nitrogens with zero attached hydrogens (tertiary/aromatic N) is 1. The van der Waals surface area contributed by atoms with Crippen molar-refractivity contribution in [2.45, 2.75) is 44.7 Å². The van der Waals surface area contributed by atoms with Gasteiger partial charge in [0.15, 0.2) is 0 Å². The van der Waals surface area contributed by atoms with Crippen molar-refractivity contribution in [2.75, 3.05) is 19.6 Å². The second-order valence-electron chi connectivity index (χ2n) is 5.95. The molecule has 0 aromatic heterocycles. The van der Waals surface area contributed by atoms with Crippen molar-refractivity contribution in [1.82, 2.24) is 10.2 Å². The van der Waals surface area contributed by atoms with Gasteiger partial charge in [0.1, 0.15) is 0 Å². The van der Waals surface area contributed by atoms with E-state index < -0.39 is 0 Å². The zero-order valence-corrected chi connectivity index (χ0v) is 12.9. The highest BCUT2D eigenvalue weighted by atomic mass is 16.1. The molecular weight excluding hydrogens is 262 g/mol. The Balaban J connectivity index is 1.67. The monoisotopic (exact) mass is 289 g/mol. The van der Waals surface area contributed by atoms with Gasteiger partial charge in [0, 0.05) is 31.6 Å². The fraction of sp³-hybridized carbons (Fsp3) is 0.588. The molecule has 0 saturated carbocycles. The smallest absolute Gasteiger partial charge is 0.221 e. The molecule has 1 aliphatic rings. The fourth-order valence-corrected chi connectivity index (χ4v) is 2.92. The summed E-state index contributed by atoms with van der Waals surface area (Å²) >= 11 is 0. The molecule has 0 spiro atoms. The van der Waals surface area contributed by atoms with Crippen molar-refractivity contribution < 1.29 is 4.79 Å². The van der Waals surface area contributed by atoms with Gasteiger partial charge in [0.05, 0.1) is 0 Å². The minimum absolute atomic E-state index is 0.0380. The molecule has 21 heavy (non-hydrogen) atoms. The summed E-state index contributed by atoms with van der Waals surface area (Å²) in [5, 5.41) is 2.99. The number of nitrogens with one attached hydrogen (secondary N) is 1. The van der Waals surface area contributed by atoms with Crippen LogP contribution in [0.5, 0.6) is 0 Å². The Morgan fingerprint density at radius 3 is 2.86 bits per heavy atom. The Hall–Kier alpha value is -1.39. The van der Waals surface area contributed by atoms with Crippen molar-refractivity contribution in [3.05, 3.63) is 35.9 Å². The number of carbonyl (C=O) groups excluding carboxylic acids is 1. The number of hydrogen-bond donors (Lipinski definition) is 2. The molecule has 0 aliphatic carbocycles. The number of hydrogen-bond acceptors (Lipinski definition) is 3. The van der Waals surface area contributed by atoms with Crippen molar-refractivity contribution in [3.8, 4) is 0 Å². The summed E-state index contributed by atoms with van der Waals surface area (Å²) in [5.41, 5.74) is 7.07. The minimum Gasteiger partial charge on any atom is -0.355 e. The standard InChI is InChI=1S/C17H27N3O/c1-14-7-5-6-11-20(14)12-10-19-17(21)13-16(18)15-8-3-2-4-9-15/h2-4,8-9,14,16H,5-7,10-13,18H2,1H3,(H,19,21). The zero-order valence-electron chi connectivity index (χ0n) is 12.9. The lowest BCUT2D eigenvalue weighted by molar-refractivity contribution is -0.121. The van der Waals surface area contributed by atoms with E-state index in [1.54, 1.807) is 0 Å². The molecule has 0 bridgehead atoms. The molecule has 4 heteroatoms. The van der Waals surface area contributed by atoms with Crippen molar-refractivity contribution in [2.24, 2.45) is 5.73 Å². The van der Waals surface area contributed by atoms with E-state index in [0.29, 0.717) is 19.0 Å². The van der Waals surface area contributed by atoms with Gasteiger partial charge in [-0.05, 0) is 31.9 Å². The number of piperidine rings is 1. The second-order valence-corrected chi connectivity index (χ2v) is 5.95. The molecule has 1 fully saturated rings. The first kappa shape index (κ1) is 16.0. The van der Waals surface area contributed by atoms with Crippen molar-refractivity contribution in [3.63, 3.8) is 0 Å². The molecule has 4 nitrogen and oxygen atoms in total. The number of benzene rings is 1. The third kappa shape index (κ3) is 5.14. The maximum atomic E-state index is 11.9. The van der Waals surface area contributed by atoms with Gasteiger partial charge in [-0.15, -0.1) is 0 Å². The topological polar surface area (TPSA) is 58.4 Å². The number of amides is 1. The van der Waals surface area contributed by atoms with Crippen LogP contribution >= 0.6 is 0 Å². The van der Waals surface area contributed by atoms with Crippen LogP contribution < -0.4 is 11.1 Å². The normalized spacial score (nSPS) is 21.0. The number of likely N-dealkylation sites (tertiary alicyclic amines) is 1. The van der Waals surface area contributed by atoms with E-state index in [9.17, 15) is 4.79 Å². The van der Waals surface area contributed by atoms with Crippen LogP contribution in [0.2, 0.25) is 0 Å². The Bertz CT molecular complexity index is 435. The molecule has 1 amide bonds. The molecule has 116 valence electrons. The molecule has 2 rings (SSSR count). The molecular formula is C17H27N3O. The van der Waals surface area contributed by atoms with Crippen LogP contribution in [-0.2, 0) is 4.79 Å². The summed E-state index contributed by atoms with van der Waals surface area (Å²) in [4.78, 5) is 14.4. The highest BCUT2D eigenvalue weighted by Crippen LogP contribution is 2.15. The van der Waals surface area contributed by atoms with Gasteiger partial charge in [-0.2, -0.15) is 0 Å². The highest BCUT2D eigenvalue weighted by molar-refractivity contribution is 5.76. The second kappa shape index (κ2) is 8.15. The third-order valence-electron chi connectivity index (χ3n) is 4.29. The van der Waals surface area contributed by atoms with Crippen LogP contribution in [0.25, 0.3) is 0 Å². The predicted molar refractivity (Wildman–Crippen MR) is 85.9 cm³/mol. The molecule has 1 heterocycles. The first-order valence-electron chi connectivity index (χ1n) is 7.98. The van der Waals surface area contributed by atoms with E-state index in [-0.39, 0.29) is 11.9 Å². The van der Waals surface area contributed by atoms with E-state index in [1.807, 2.05) is 30.3 Å². The molecule has 3 N–H and O–H groups in total. The van der Waals surface area contributed by atoms with E-state index in [2.05, 4.69) is 17.1 Å². The molecule has 2 atom stereocenters. The van der Waals surface area contributed by atoms with Crippen LogP contribution in [0.15, 0.2) is 30.3 Å². The first-order valence-corrected chi connectivity index (χ1v) is 7.98. The van der Waals surface area contributed by atoms with Gasteiger partial charge in [0.2, 0.25) is 5.91 Å². The summed E-state index contributed by atoms with van der Waals surface area (Å²) in [5.74, 6) is 0.0380. The Morgan fingerprint density at radius 2 is 2.14 bits per heavy atom. The van der Waals surface area contributed by atoms with Crippen LogP contribution in [0, 0.1) is 0 Å². The fourth-order valence-electron chi connectivity index (χ4n) is 2.92. The number of rotatable bonds is 6. The first-order chi connectivity index (χ1) is 10.2. The predicted octanol–water partition coefficient (Wildman–Crippen LogP) is 2.07. The van der Waals surface area contributed by atoms with Crippen LogP contribution in [0.1, 0.15) is 44.2 Å². The summed E-state index contributed by atoms with van der Waals surface area (Å²) < 4.78 is 0.